The molecule has 2 aromatic rings. The van der Waals surface area contributed by atoms with Gasteiger partial charge in [-0.25, -0.2) is 0 Å². The van der Waals surface area contributed by atoms with Crippen molar-refractivity contribution in [3.63, 3.8) is 0 Å². The van der Waals surface area contributed by atoms with Crippen LogP contribution < -0.4 is 14.8 Å². The number of carbonyl (C=O) groups is 2. The molecule has 7 heteroatoms. The number of amides is 2. The first-order chi connectivity index (χ1) is 13.0. The number of nitrogens with one attached hydrogen (secondary N) is 1. The summed E-state index contributed by atoms with van der Waals surface area (Å²) in [6, 6.07) is 10.9. The van der Waals surface area contributed by atoms with Crippen LogP contribution in [0.3, 0.4) is 0 Å². The molecule has 0 aromatic heterocycles. The predicted molar refractivity (Wildman–Crippen MR) is 107 cm³/mol. The first-order valence-corrected chi connectivity index (χ1v) is 9.07. The molecule has 0 aliphatic carbocycles. The van der Waals surface area contributed by atoms with Gasteiger partial charge in [-0.1, -0.05) is 15.9 Å². The van der Waals surface area contributed by atoms with Gasteiger partial charge in [0.05, 0.1) is 20.6 Å². The third-order valence-corrected chi connectivity index (χ3v) is 4.71. The van der Waals surface area contributed by atoms with E-state index in [1.54, 1.807) is 44.7 Å². The molecule has 1 N–H and O–H groups in total. The molecule has 0 bridgehead atoms. The summed E-state index contributed by atoms with van der Waals surface area (Å²) >= 11 is 3.35. The Balaban J connectivity index is 1.73. The number of carbonyl (C=O) groups excluding carboxylic acids is 2. The van der Waals surface area contributed by atoms with Crippen LogP contribution in [0.15, 0.2) is 47.1 Å². The van der Waals surface area contributed by atoms with Gasteiger partial charge in [-0.2, -0.15) is 0 Å². The molecule has 1 heterocycles. The number of anilines is 1. The second-order valence-electron chi connectivity index (χ2n) is 5.98. The monoisotopic (exact) mass is 430 g/mol. The Morgan fingerprint density at radius 3 is 2.48 bits per heavy atom. The number of rotatable bonds is 5. The van der Waals surface area contributed by atoms with E-state index in [1.807, 2.05) is 18.2 Å². The third kappa shape index (κ3) is 4.49. The van der Waals surface area contributed by atoms with Gasteiger partial charge in [0, 0.05) is 16.4 Å². The van der Waals surface area contributed by atoms with Crippen molar-refractivity contribution < 1.29 is 19.1 Å². The molecular formula is C20H19BrN2O4. The van der Waals surface area contributed by atoms with E-state index in [-0.39, 0.29) is 24.8 Å². The largest absolute Gasteiger partial charge is 0.493 e. The van der Waals surface area contributed by atoms with E-state index >= 15 is 0 Å². The summed E-state index contributed by atoms with van der Waals surface area (Å²) in [7, 11) is 3.12. The highest BCUT2D eigenvalue weighted by Crippen LogP contribution is 2.32. The van der Waals surface area contributed by atoms with Gasteiger partial charge in [-0.3, -0.25) is 9.59 Å². The molecule has 140 valence electrons. The lowest BCUT2D eigenvalue weighted by Crippen LogP contribution is -2.34. The van der Waals surface area contributed by atoms with E-state index in [9.17, 15) is 9.59 Å². The predicted octanol–water partition coefficient (Wildman–Crippen LogP) is 3.46. The quantitative estimate of drug-likeness (QED) is 0.788. The summed E-state index contributed by atoms with van der Waals surface area (Å²) < 4.78 is 11.5. The highest BCUT2D eigenvalue weighted by Gasteiger charge is 2.21. The Labute approximate surface area is 165 Å². The number of nitrogens with zero attached hydrogens (tertiary/aromatic N) is 1. The van der Waals surface area contributed by atoms with E-state index in [2.05, 4.69) is 21.2 Å². The summed E-state index contributed by atoms with van der Waals surface area (Å²) in [5.41, 5.74) is 2.36. The second kappa shape index (κ2) is 8.26. The van der Waals surface area contributed by atoms with Crippen LogP contribution in [0, 0.1) is 0 Å². The van der Waals surface area contributed by atoms with Crippen molar-refractivity contribution >= 4 is 39.5 Å². The third-order valence-electron chi connectivity index (χ3n) is 4.18. The van der Waals surface area contributed by atoms with Crippen molar-refractivity contribution in [2.24, 2.45) is 0 Å². The molecule has 0 saturated heterocycles. The minimum Gasteiger partial charge on any atom is -0.493 e. The van der Waals surface area contributed by atoms with E-state index < -0.39 is 0 Å². The Morgan fingerprint density at radius 2 is 1.81 bits per heavy atom. The summed E-state index contributed by atoms with van der Waals surface area (Å²) in [5.74, 6) is 0.730. The molecule has 0 saturated carbocycles. The van der Waals surface area contributed by atoms with Gasteiger partial charge >= 0.3 is 0 Å². The van der Waals surface area contributed by atoms with Crippen LogP contribution in [0.1, 0.15) is 11.1 Å². The maximum atomic E-state index is 12.6. The minimum absolute atomic E-state index is 0.0618. The van der Waals surface area contributed by atoms with E-state index in [4.69, 9.17) is 9.47 Å². The van der Waals surface area contributed by atoms with Gasteiger partial charge in [-0.15, -0.1) is 0 Å². The average molecular weight is 431 g/mol. The van der Waals surface area contributed by atoms with Gasteiger partial charge < -0.3 is 19.7 Å². The van der Waals surface area contributed by atoms with Crippen LogP contribution in [0.2, 0.25) is 0 Å². The highest BCUT2D eigenvalue weighted by atomic mass is 79.9. The number of benzene rings is 2. The Morgan fingerprint density at radius 1 is 1.15 bits per heavy atom. The van der Waals surface area contributed by atoms with Gasteiger partial charge in [0.2, 0.25) is 11.8 Å². The number of fused-ring (bicyclic) bond motifs is 1. The summed E-state index contributed by atoms with van der Waals surface area (Å²) in [4.78, 5) is 26.3. The van der Waals surface area contributed by atoms with Crippen molar-refractivity contribution in [2.45, 2.75) is 6.42 Å². The van der Waals surface area contributed by atoms with Gasteiger partial charge in [0.25, 0.3) is 0 Å². The van der Waals surface area contributed by atoms with E-state index in [0.717, 1.165) is 15.6 Å². The molecule has 6 nitrogen and oxygen atoms in total. The maximum Gasteiger partial charge on any atom is 0.244 e. The van der Waals surface area contributed by atoms with Crippen LogP contribution >= 0.6 is 15.9 Å². The molecule has 27 heavy (non-hydrogen) atoms. The summed E-state index contributed by atoms with van der Waals surface area (Å²) in [6.07, 6.45) is 3.60. The number of ether oxygens (including phenoxy) is 2. The summed E-state index contributed by atoms with van der Waals surface area (Å²) in [5, 5.41) is 2.79. The van der Waals surface area contributed by atoms with Crippen LogP contribution in [-0.2, 0) is 16.0 Å². The van der Waals surface area contributed by atoms with Crippen LogP contribution in [0.25, 0.3) is 6.08 Å². The smallest absolute Gasteiger partial charge is 0.244 e. The van der Waals surface area contributed by atoms with Crippen LogP contribution in [-0.4, -0.2) is 37.5 Å². The zero-order valence-electron chi connectivity index (χ0n) is 15.0. The maximum absolute atomic E-state index is 12.6. The SMILES string of the molecule is COc1cc2c(cc1OC)CC(=O)N(CC(=O)Nc1ccc(Br)cc1)C=C2. The van der Waals surface area contributed by atoms with Gasteiger partial charge in [0.1, 0.15) is 6.54 Å². The van der Waals surface area contributed by atoms with Crippen molar-refractivity contribution in [2.75, 3.05) is 26.1 Å². The Bertz CT molecular complexity index is 894. The first-order valence-electron chi connectivity index (χ1n) is 8.28. The van der Waals surface area contributed by atoms with Gasteiger partial charge in [-0.05, 0) is 53.6 Å². The zero-order valence-corrected chi connectivity index (χ0v) is 16.6. The minimum atomic E-state index is -0.267. The number of halogens is 1. The molecule has 0 atom stereocenters. The number of hydrogen-bond acceptors (Lipinski definition) is 4. The molecule has 2 aromatic carbocycles. The van der Waals surface area contributed by atoms with Crippen LogP contribution in [0.5, 0.6) is 11.5 Å². The number of methoxy groups -OCH3 is 2. The lowest BCUT2D eigenvalue weighted by Gasteiger charge is -2.17. The molecule has 0 fully saturated rings. The molecule has 2 amide bonds. The Hall–Kier alpha value is -2.80. The van der Waals surface area contributed by atoms with Gasteiger partial charge in [0.15, 0.2) is 11.5 Å². The molecule has 1 aliphatic heterocycles. The van der Waals surface area contributed by atoms with Crippen molar-refractivity contribution in [1.29, 1.82) is 0 Å². The van der Waals surface area contributed by atoms with E-state index in [1.165, 1.54) is 4.90 Å². The second-order valence-corrected chi connectivity index (χ2v) is 6.89. The molecule has 0 unspecified atom stereocenters. The van der Waals surface area contributed by atoms with Crippen molar-refractivity contribution in [3.05, 3.63) is 58.2 Å². The molecular weight excluding hydrogens is 412 g/mol. The first kappa shape index (κ1) is 19.0. The average Bonchev–Trinajstić information content (AvgIpc) is 2.81. The standard InChI is InChI=1S/C20H19BrN2O4/c1-26-17-9-13-7-8-23(20(25)11-14(13)10-18(17)27-2)12-19(24)22-16-5-3-15(21)4-6-16/h3-10H,11-12H2,1-2H3,(H,22,24). The molecule has 3 rings (SSSR count). The topological polar surface area (TPSA) is 67.9 Å². The molecule has 1 aliphatic rings. The fraction of sp³-hybridized carbons (Fsp3) is 0.200. The normalized spacial score (nSPS) is 13.0. The molecule has 0 radical (unpaired) electrons. The lowest BCUT2D eigenvalue weighted by atomic mass is 10.0. The van der Waals surface area contributed by atoms with Crippen molar-refractivity contribution in [1.82, 2.24) is 4.90 Å². The van der Waals surface area contributed by atoms with Crippen molar-refractivity contribution in [3.8, 4) is 11.5 Å². The number of hydrogen-bond donors (Lipinski definition) is 1. The Kier molecular flexibility index (Phi) is 5.81. The zero-order chi connectivity index (χ0) is 19.4. The van der Waals surface area contributed by atoms with Crippen LogP contribution in [0.4, 0.5) is 5.69 Å². The van der Waals surface area contributed by atoms with E-state index in [0.29, 0.717) is 17.2 Å². The summed E-state index contributed by atoms with van der Waals surface area (Å²) in [6.45, 7) is -0.0618. The molecule has 0 spiro atoms. The fourth-order valence-electron chi connectivity index (χ4n) is 2.79. The lowest BCUT2D eigenvalue weighted by molar-refractivity contribution is -0.131. The highest BCUT2D eigenvalue weighted by molar-refractivity contribution is 9.10. The fourth-order valence-corrected chi connectivity index (χ4v) is 3.06.